The van der Waals surface area contributed by atoms with Crippen LogP contribution in [-0.4, -0.2) is 21.6 Å². The standard InChI is InChI=1S/C12H12N4O2/c1-13-11-14-6-8(15-11)7-3-4-10-9(5-7)16(2)12(17)18-10/h3-6H,1-2H3,(H2,13,14,15). The van der Waals surface area contributed by atoms with Crippen LogP contribution in [-0.2, 0) is 7.05 Å². The monoisotopic (exact) mass is 244 g/mol. The van der Waals surface area contributed by atoms with E-state index in [0.717, 1.165) is 16.8 Å². The lowest BCUT2D eigenvalue weighted by Gasteiger charge is -1.98. The van der Waals surface area contributed by atoms with Gasteiger partial charge in [-0.3, -0.25) is 4.57 Å². The van der Waals surface area contributed by atoms with Gasteiger partial charge in [-0.1, -0.05) is 0 Å². The number of hydrogen-bond acceptors (Lipinski definition) is 4. The van der Waals surface area contributed by atoms with E-state index in [4.69, 9.17) is 4.42 Å². The molecule has 0 aliphatic rings. The number of oxazole rings is 1. The average molecular weight is 244 g/mol. The second kappa shape index (κ2) is 3.76. The summed E-state index contributed by atoms with van der Waals surface area (Å²) in [6.45, 7) is 0. The summed E-state index contributed by atoms with van der Waals surface area (Å²) in [5.74, 6) is 0.342. The minimum Gasteiger partial charge on any atom is -0.408 e. The smallest absolute Gasteiger partial charge is 0.408 e. The van der Waals surface area contributed by atoms with E-state index in [2.05, 4.69) is 15.3 Å². The van der Waals surface area contributed by atoms with E-state index < -0.39 is 0 Å². The van der Waals surface area contributed by atoms with Gasteiger partial charge < -0.3 is 14.7 Å². The van der Waals surface area contributed by atoms with Gasteiger partial charge in [-0.15, -0.1) is 0 Å². The molecule has 1 aromatic carbocycles. The van der Waals surface area contributed by atoms with E-state index in [9.17, 15) is 4.79 Å². The molecule has 0 saturated carbocycles. The third kappa shape index (κ3) is 1.50. The van der Waals surface area contributed by atoms with Crippen molar-refractivity contribution >= 4 is 17.0 Å². The first-order valence-corrected chi connectivity index (χ1v) is 5.52. The molecule has 3 rings (SSSR count). The second-order valence-electron chi connectivity index (χ2n) is 4.00. The Hall–Kier alpha value is -2.50. The molecular formula is C12H12N4O2. The second-order valence-corrected chi connectivity index (χ2v) is 4.00. The maximum atomic E-state index is 11.4. The van der Waals surface area contributed by atoms with Gasteiger partial charge in [0.1, 0.15) is 0 Å². The molecule has 2 heterocycles. The summed E-state index contributed by atoms with van der Waals surface area (Å²) in [5, 5.41) is 2.93. The molecule has 0 unspecified atom stereocenters. The van der Waals surface area contributed by atoms with Crippen LogP contribution in [0.2, 0.25) is 0 Å². The first kappa shape index (κ1) is 10.6. The Morgan fingerprint density at radius 1 is 1.44 bits per heavy atom. The van der Waals surface area contributed by atoms with Crippen molar-refractivity contribution in [3.8, 4) is 11.3 Å². The van der Waals surface area contributed by atoms with Crippen LogP contribution in [0.3, 0.4) is 0 Å². The van der Waals surface area contributed by atoms with E-state index in [0.29, 0.717) is 11.5 Å². The fraction of sp³-hybridized carbons (Fsp3) is 0.167. The van der Waals surface area contributed by atoms with Gasteiger partial charge >= 0.3 is 5.76 Å². The Kier molecular flexibility index (Phi) is 2.22. The van der Waals surface area contributed by atoms with Gasteiger partial charge in [-0.25, -0.2) is 9.78 Å². The molecule has 18 heavy (non-hydrogen) atoms. The van der Waals surface area contributed by atoms with E-state index >= 15 is 0 Å². The molecule has 6 nitrogen and oxygen atoms in total. The number of aromatic nitrogens is 3. The van der Waals surface area contributed by atoms with E-state index in [1.807, 2.05) is 12.1 Å². The van der Waals surface area contributed by atoms with Crippen LogP contribution in [0.1, 0.15) is 0 Å². The normalized spacial score (nSPS) is 11.0. The first-order chi connectivity index (χ1) is 8.69. The number of benzene rings is 1. The highest BCUT2D eigenvalue weighted by atomic mass is 16.4. The summed E-state index contributed by atoms with van der Waals surface area (Å²) >= 11 is 0. The van der Waals surface area contributed by atoms with Gasteiger partial charge in [0, 0.05) is 19.7 Å². The maximum absolute atomic E-state index is 11.4. The van der Waals surface area contributed by atoms with Crippen molar-refractivity contribution in [3.63, 3.8) is 0 Å². The molecule has 0 amide bonds. The Morgan fingerprint density at radius 2 is 2.28 bits per heavy atom. The molecule has 2 N–H and O–H groups in total. The molecule has 2 aromatic heterocycles. The van der Waals surface area contributed by atoms with Crippen LogP contribution in [0.5, 0.6) is 0 Å². The number of aryl methyl sites for hydroxylation is 1. The van der Waals surface area contributed by atoms with Gasteiger partial charge in [-0.05, 0) is 18.2 Å². The SMILES string of the molecule is CNc1ncc(-c2ccc3oc(=O)n(C)c3c2)[nH]1. The van der Waals surface area contributed by atoms with Crippen molar-refractivity contribution in [1.29, 1.82) is 0 Å². The zero-order valence-electron chi connectivity index (χ0n) is 10.0. The summed E-state index contributed by atoms with van der Waals surface area (Å²) in [4.78, 5) is 18.7. The molecule has 92 valence electrons. The van der Waals surface area contributed by atoms with Crippen LogP contribution in [0, 0.1) is 0 Å². The van der Waals surface area contributed by atoms with Crippen LogP contribution in [0.25, 0.3) is 22.4 Å². The number of hydrogen-bond donors (Lipinski definition) is 2. The summed E-state index contributed by atoms with van der Waals surface area (Å²) < 4.78 is 6.57. The van der Waals surface area contributed by atoms with Crippen molar-refractivity contribution < 1.29 is 4.42 Å². The molecule has 0 saturated heterocycles. The molecule has 0 atom stereocenters. The summed E-state index contributed by atoms with van der Waals surface area (Å²) in [6.07, 6.45) is 1.74. The number of rotatable bonds is 2. The highest BCUT2D eigenvalue weighted by Gasteiger charge is 2.08. The first-order valence-electron chi connectivity index (χ1n) is 5.52. The topological polar surface area (TPSA) is 75.8 Å². The summed E-state index contributed by atoms with van der Waals surface area (Å²) in [5.41, 5.74) is 3.18. The molecule has 0 bridgehead atoms. The summed E-state index contributed by atoms with van der Waals surface area (Å²) in [6, 6.07) is 5.57. The fourth-order valence-corrected chi connectivity index (χ4v) is 1.89. The van der Waals surface area contributed by atoms with Crippen LogP contribution in [0.4, 0.5) is 5.95 Å². The van der Waals surface area contributed by atoms with Crippen molar-refractivity contribution in [2.45, 2.75) is 0 Å². The van der Waals surface area contributed by atoms with Crippen molar-refractivity contribution in [3.05, 3.63) is 34.9 Å². The number of fused-ring (bicyclic) bond motifs is 1. The molecule has 6 heteroatoms. The van der Waals surface area contributed by atoms with Crippen molar-refractivity contribution in [2.24, 2.45) is 7.05 Å². The zero-order chi connectivity index (χ0) is 12.7. The molecule has 0 spiro atoms. The van der Waals surface area contributed by atoms with Gasteiger partial charge in [0.2, 0.25) is 0 Å². The number of nitrogens with one attached hydrogen (secondary N) is 2. The van der Waals surface area contributed by atoms with Gasteiger partial charge in [0.25, 0.3) is 0 Å². The Morgan fingerprint density at radius 3 is 3.00 bits per heavy atom. The fourth-order valence-electron chi connectivity index (χ4n) is 1.89. The largest absolute Gasteiger partial charge is 0.419 e. The predicted molar refractivity (Wildman–Crippen MR) is 68.6 cm³/mol. The van der Waals surface area contributed by atoms with Gasteiger partial charge in [0.15, 0.2) is 11.5 Å². The van der Waals surface area contributed by atoms with Gasteiger partial charge in [-0.2, -0.15) is 0 Å². The van der Waals surface area contributed by atoms with E-state index in [1.54, 1.807) is 26.4 Å². The molecule has 0 aliphatic carbocycles. The number of nitrogens with zero attached hydrogens (tertiary/aromatic N) is 2. The lowest BCUT2D eigenvalue weighted by molar-refractivity contribution is 0.528. The minimum absolute atomic E-state index is 0.359. The number of aromatic amines is 1. The van der Waals surface area contributed by atoms with Crippen molar-refractivity contribution in [2.75, 3.05) is 12.4 Å². The van der Waals surface area contributed by atoms with E-state index in [1.165, 1.54) is 4.57 Å². The molecular weight excluding hydrogens is 232 g/mol. The van der Waals surface area contributed by atoms with Gasteiger partial charge in [0.05, 0.1) is 17.4 Å². The maximum Gasteiger partial charge on any atom is 0.419 e. The average Bonchev–Trinajstić information content (AvgIpc) is 2.96. The predicted octanol–water partition coefficient (Wildman–Crippen LogP) is 1.56. The van der Waals surface area contributed by atoms with Crippen molar-refractivity contribution in [1.82, 2.24) is 14.5 Å². The third-order valence-corrected chi connectivity index (χ3v) is 2.92. The minimum atomic E-state index is -0.359. The summed E-state index contributed by atoms with van der Waals surface area (Å²) in [7, 11) is 3.48. The van der Waals surface area contributed by atoms with Crippen LogP contribution >= 0.6 is 0 Å². The number of H-pyrrole nitrogens is 1. The highest BCUT2D eigenvalue weighted by molar-refractivity contribution is 5.79. The number of imidazole rings is 1. The quantitative estimate of drug-likeness (QED) is 0.717. The highest BCUT2D eigenvalue weighted by Crippen LogP contribution is 2.23. The molecule has 3 aromatic rings. The lowest BCUT2D eigenvalue weighted by atomic mass is 10.1. The Balaban J connectivity index is 2.18. The molecule has 0 radical (unpaired) electrons. The Labute approximate surface area is 102 Å². The third-order valence-electron chi connectivity index (χ3n) is 2.92. The van der Waals surface area contributed by atoms with Crippen LogP contribution < -0.4 is 11.1 Å². The molecule has 0 aliphatic heterocycles. The lowest BCUT2D eigenvalue weighted by Crippen LogP contribution is -2.08. The van der Waals surface area contributed by atoms with Crippen LogP contribution in [0.15, 0.2) is 33.6 Å². The Bertz CT molecular complexity index is 766. The van der Waals surface area contributed by atoms with E-state index in [-0.39, 0.29) is 5.76 Å². The zero-order valence-corrected chi connectivity index (χ0v) is 10.0. The molecule has 0 fully saturated rings. The number of anilines is 1.